The van der Waals surface area contributed by atoms with E-state index in [0.29, 0.717) is 23.2 Å². The average Bonchev–Trinajstić information content (AvgIpc) is 2.54. The van der Waals surface area contributed by atoms with Gasteiger partial charge in [-0.2, -0.15) is 0 Å². The molecule has 0 aromatic rings. The van der Waals surface area contributed by atoms with Crippen LogP contribution in [0.1, 0.15) is 83.1 Å². The molecule has 184 valence electrons. The van der Waals surface area contributed by atoms with Gasteiger partial charge in [-0.25, -0.2) is 4.89 Å². The molecule has 31 heavy (non-hydrogen) atoms. The van der Waals surface area contributed by atoms with Gasteiger partial charge in [0.1, 0.15) is 17.4 Å². The summed E-state index contributed by atoms with van der Waals surface area (Å²) < 4.78 is 18.5. The van der Waals surface area contributed by atoms with Crippen molar-refractivity contribution in [2.75, 3.05) is 6.61 Å². The van der Waals surface area contributed by atoms with Crippen molar-refractivity contribution in [3.05, 3.63) is 12.3 Å². The van der Waals surface area contributed by atoms with Crippen LogP contribution < -0.4 is 0 Å². The molecular weight excluding hydrogens is 441 g/mol. The highest BCUT2D eigenvalue weighted by atomic mass is 28.4. The maximum atomic E-state index is 12.0. The number of hydrogen-bond donors (Lipinski definition) is 1. The SMILES string of the molecule is CC(C)[Si](OO[C@@H]1C=CO[C@H](CO[SiH2]C(C)(C)C)[C@]1(O)[SiH2]C(C)(C)C)(C(C)C)C(C)C. The van der Waals surface area contributed by atoms with Crippen molar-refractivity contribution in [1.29, 1.82) is 0 Å². The van der Waals surface area contributed by atoms with E-state index >= 15 is 0 Å². The molecule has 1 heterocycles. The largest absolute Gasteiger partial charge is 0.493 e. The third kappa shape index (κ3) is 7.79. The summed E-state index contributed by atoms with van der Waals surface area (Å²) in [5.41, 5.74) is 1.21. The van der Waals surface area contributed by atoms with E-state index in [1.54, 1.807) is 6.26 Å². The first-order chi connectivity index (χ1) is 14.0. The van der Waals surface area contributed by atoms with E-state index in [1.807, 2.05) is 6.08 Å². The lowest BCUT2D eigenvalue weighted by Crippen LogP contribution is -2.63. The van der Waals surface area contributed by atoms with Crippen molar-refractivity contribution in [3.8, 4) is 0 Å². The van der Waals surface area contributed by atoms with E-state index < -0.39 is 45.0 Å². The summed E-state index contributed by atoms with van der Waals surface area (Å²) in [6.45, 7) is 27.0. The highest BCUT2D eigenvalue weighted by molar-refractivity contribution is 6.77. The van der Waals surface area contributed by atoms with E-state index in [9.17, 15) is 5.11 Å². The standard InChI is InChI=1S/C23H50O5Si3/c1-16(2)31(17(3)4,18(5)6)28-27-19-13-14-25-20(15-26-30-22(10,11)12)23(19,24)29-21(7,8)9/h13-14,16-20,24H,15,29-30H2,1-12H3/t19-,20-,23-/m1/s1. The normalized spacial score (nSPS) is 26.3. The molecule has 5 nitrogen and oxygen atoms in total. The molecule has 0 amide bonds. The molecule has 1 aliphatic heterocycles. The topological polar surface area (TPSA) is 57.2 Å². The number of rotatable bonds is 10. The van der Waals surface area contributed by atoms with Crippen molar-refractivity contribution >= 4 is 27.6 Å². The first-order valence-corrected chi connectivity index (χ1v) is 16.8. The number of ether oxygens (including phenoxy) is 1. The van der Waals surface area contributed by atoms with Crippen LogP contribution in [-0.2, 0) is 18.6 Å². The monoisotopic (exact) mass is 490 g/mol. The Balaban J connectivity index is 3.15. The third-order valence-corrected chi connectivity index (χ3v) is 15.8. The molecule has 1 rings (SSSR count). The first-order valence-electron chi connectivity index (χ1n) is 11.9. The molecule has 8 heteroatoms. The minimum absolute atomic E-state index is 0.0211. The van der Waals surface area contributed by atoms with Crippen molar-refractivity contribution < 1.29 is 23.7 Å². The molecule has 0 unspecified atom stereocenters. The second-order valence-corrected chi connectivity index (χ2v) is 24.4. The van der Waals surface area contributed by atoms with E-state index in [-0.39, 0.29) is 10.1 Å². The van der Waals surface area contributed by atoms with Crippen molar-refractivity contribution in [2.45, 2.75) is 127 Å². The molecule has 0 aromatic carbocycles. The minimum Gasteiger partial charge on any atom is -0.493 e. The van der Waals surface area contributed by atoms with Crippen LogP contribution in [0.3, 0.4) is 0 Å². The fourth-order valence-corrected chi connectivity index (χ4v) is 13.3. The second-order valence-electron chi connectivity index (χ2n) is 12.7. The maximum Gasteiger partial charge on any atom is 0.246 e. The molecule has 3 atom stereocenters. The Kier molecular flexibility index (Phi) is 10.3. The van der Waals surface area contributed by atoms with Crippen molar-refractivity contribution in [1.82, 2.24) is 0 Å². The molecule has 0 saturated heterocycles. The van der Waals surface area contributed by atoms with E-state index in [2.05, 4.69) is 83.1 Å². The summed E-state index contributed by atoms with van der Waals surface area (Å²) >= 11 is 0. The van der Waals surface area contributed by atoms with Crippen molar-refractivity contribution in [3.63, 3.8) is 0 Å². The third-order valence-electron chi connectivity index (χ3n) is 6.17. The zero-order valence-corrected chi connectivity index (χ0v) is 26.1. The molecule has 0 saturated carbocycles. The molecule has 1 aliphatic rings. The lowest BCUT2D eigenvalue weighted by molar-refractivity contribution is -0.288. The van der Waals surface area contributed by atoms with Crippen LogP contribution in [0, 0.1) is 0 Å². The van der Waals surface area contributed by atoms with Gasteiger partial charge in [-0.3, -0.25) is 4.58 Å². The van der Waals surface area contributed by atoms with E-state index in [1.165, 1.54) is 0 Å². The minimum atomic E-state index is -2.22. The Morgan fingerprint density at radius 3 is 1.90 bits per heavy atom. The van der Waals surface area contributed by atoms with Gasteiger partial charge in [0.05, 0.1) is 22.4 Å². The molecule has 0 aliphatic carbocycles. The van der Waals surface area contributed by atoms with E-state index in [4.69, 9.17) is 18.6 Å². The molecule has 1 N–H and O–H groups in total. The molecule has 0 aromatic heterocycles. The lowest BCUT2D eigenvalue weighted by Gasteiger charge is -2.47. The van der Waals surface area contributed by atoms with Crippen molar-refractivity contribution in [2.24, 2.45) is 0 Å². The Hall–Kier alpha value is 0.0306. The Morgan fingerprint density at radius 2 is 1.48 bits per heavy atom. The molecule has 0 radical (unpaired) electrons. The van der Waals surface area contributed by atoms with Gasteiger partial charge in [0.2, 0.25) is 8.32 Å². The summed E-state index contributed by atoms with van der Waals surface area (Å²) in [4.78, 5) is 6.21. The lowest BCUT2D eigenvalue weighted by atomic mass is 10.1. The zero-order chi connectivity index (χ0) is 24.3. The van der Waals surface area contributed by atoms with Crippen LogP contribution in [0.4, 0.5) is 0 Å². The zero-order valence-electron chi connectivity index (χ0n) is 22.2. The quantitative estimate of drug-likeness (QED) is 0.271. The number of aliphatic hydroxyl groups is 1. The van der Waals surface area contributed by atoms with Gasteiger partial charge in [0.15, 0.2) is 9.76 Å². The van der Waals surface area contributed by atoms with Crippen LogP contribution in [0.5, 0.6) is 0 Å². The van der Waals surface area contributed by atoms with Crippen LogP contribution in [0.2, 0.25) is 26.7 Å². The Bertz CT molecular complexity index is 559. The summed E-state index contributed by atoms with van der Waals surface area (Å²) in [6.07, 6.45) is 2.52. The second kappa shape index (κ2) is 11.0. The van der Waals surface area contributed by atoms with Gasteiger partial charge in [0.25, 0.3) is 0 Å². The molecule has 0 fully saturated rings. The van der Waals surface area contributed by atoms with Gasteiger partial charge in [0, 0.05) is 0 Å². The fraction of sp³-hybridized carbons (Fsp3) is 0.913. The molecular formula is C23H50O5Si3. The predicted octanol–water partition coefficient (Wildman–Crippen LogP) is 4.79. The average molecular weight is 491 g/mol. The Labute approximate surface area is 197 Å². The summed E-state index contributed by atoms with van der Waals surface area (Å²) in [7, 11) is -4.00. The van der Waals surface area contributed by atoms with Gasteiger partial charge >= 0.3 is 0 Å². The maximum absolute atomic E-state index is 12.0. The summed E-state index contributed by atoms with van der Waals surface area (Å²) in [5.74, 6) is 0. The smallest absolute Gasteiger partial charge is 0.246 e. The Morgan fingerprint density at radius 1 is 0.968 bits per heavy atom. The van der Waals surface area contributed by atoms with Crippen LogP contribution in [-0.4, -0.2) is 56.7 Å². The van der Waals surface area contributed by atoms with E-state index in [0.717, 1.165) is 0 Å². The number of hydrogen-bond acceptors (Lipinski definition) is 5. The highest BCUT2D eigenvalue weighted by Crippen LogP contribution is 2.44. The van der Waals surface area contributed by atoms with Crippen LogP contribution >= 0.6 is 0 Å². The van der Waals surface area contributed by atoms with Gasteiger partial charge in [-0.05, 0) is 32.8 Å². The molecule has 0 bridgehead atoms. The predicted molar refractivity (Wildman–Crippen MR) is 138 cm³/mol. The highest BCUT2D eigenvalue weighted by Gasteiger charge is 2.53. The fourth-order valence-electron chi connectivity index (χ4n) is 4.94. The van der Waals surface area contributed by atoms with Gasteiger partial charge < -0.3 is 14.3 Å². The first kappa shape index (κ1) is 29.1. The summed E-state index contributed by atoms with van der Waals surface area (Å²) in [5, 5.41) is 11.1. The molecule has 0 spiro atoms. The van der Waals surface area contributed by atoms with Crippen LogP contribution in [0.25, 0.3) is 0 Å². The van der Waals surface area contributed by atoms with Crippen LogP contribution in [0.15, 0.2) is 12.3 Å². The van der Waals surface area contributed by atoms with Gasteiger partial charge in [-0.15, -0.1) is 0 Å². The van der Waals surface area contributed by atoms with Gasteiger partial charge in [-0.1, -0.05) is 83.1 Å². The summed E-state index contributed by atoms with van der Waals surface area (Å²) in [6, 6.07) is 0.